The Kier molecular flexibility index (Phi) is 14.7. The van der Waals surface area contributed by atoms with E-state index in [0.717, 1.165) is 26.0 Å². The van der Waals surface area contributed by atoms with Gasteiger partial charge in [0.2, 0.25) is 0 Å². The topological polar surface area (TPSA) is 60.0 Å². The van der Waals surface area contributed by atoms with Crippen LogP contribution in [-0.2, 0) is 14.2 Å². The second-order valence-corrected chi connectivity index (χ2v) is 4.23. The van der Waals surface area contributed by atoms with Gasteiger partial charge in [-0.3, -0.25) is 0 Å². The van der Waals surface area contributed by atoms with Crippen molar-refractivity contribution in [3.8, 4) is 0 Å². The molecule has 0 aliphatic carbocycles. The molecule has 0 spiro atoms. The van der Waals surface area contributed by atoms with Gasteiger partial charge in [0, 0.05) is 19.2 Å². The highest BCUT2D eigenvalue weighted by atomic mass is 16.5. The second kappa shape index (κ2) is 14.9. The quantitative estimate of drug-likeness (QED) is 0.454. The molecule has 0 saturated heterocycles. The predicted octanol–water partition coefficient (Wildman–Crippen LogP) is 0.807. The molecule has 5 nitrogen and oxygen atoms in total. The molecule has 0 bridgehead atoms. The van der Waals surface area contributed by atoms with Gasteiger partial charge >= 0.3 is 0 Å². The van der Waals surface area contributed by atoms with E-state index in [4.69, 9.17) is 19.3 Å². The highest BCUT2D eigenvalue weighted by Crippen LogP contribution is 1.88. The number of aliphatic hydroxyl groups excluding tert-OH is 1. The molecule has 0 aromatic carbocycles. The van der Waals surface area contributed by atoms with E-state index in [0.29, 0.717) is 33.0 Å². The summed E-state index contributed by atoms with van der Waals surface area (Å²) in [7, 11) is 0. The second-order valence-electron chi connectivity index (χ2n) is 4.23. The van der Waals surface area contributed by atoms with Crippen molar-refractivity contribution in [2.45, 2.75) is 32.7 Å². The smallest absolute Gasteiger partial charge is 0.0701 e. The molecule has 18 heavy (non-hydrogen) atoms. The summed E-state index contributed by atoms with van der Waals surface area (Å²) < 4.78 is 16.1. The molecule has 1 unspecified atom stereocenters. The average molecular weight is 263 g/mol. The Morgan fingerprint density at radius 3 is 2.06 bits per heavy atom. The molecule has 0 aromatic rings. The van der Waals surface area contributed by atoms with Crippen LogP contribution in [0.4, 0.5) is 0 Å². The molecule has 0 aliphatic rings. The summed E-state index contributed by atoms with van der Waals surface area (Å²) in [5, 5.41) is 11.9. The number of aliphatic hydroxyl groups is 1. The van der Waals surface area contributed by atoms with Gasteiger partial charge in [-0.25, -0.2) is 0 Å². The van der Waals surface area contributed by atoms with Gasteiger partial charge < -0.3 is 24.6 Å². The fourth-order valence-corrected chi connectivity index (χ4v) is 1.23. The molecule has 0 amide bonds. The van der Waals surface area contributed by atoms with E-state index in [-0.39, 0.29) is 12.6 Å². The van der Waals surface area contributed by atoms with Gasteiger partial charge in [0.1, 0.15) is 0 Å². The Balaban J connectivity index is 2.94. The highest BCUT2D eigenvalue weighted by molar-refractivity contribution is 4.56. The van der Waals surface area contributed by atoms with E-state index < -0.39 is 0 Å². The molecule has 110 valence electrons. The molecule has 0 rings (SSSR count). The normalized spacial score (nSPS) is 12.8. The van der Waals surface area contributed by atoms with Crippen LogP contribution in [-0.4, -0.2) is 63.9 Å². The first kappa shape index (κ1) is 17.8. The van der Waals surface area contributed by atoms with Crippen molar-refractivity contribution in [1.29, 1.82) is 0 Å². The highest BCUT2D eigenvalue weighted by Gasteiger charge is 1.97. The summed E-state index contributed by atoms with van der Waals surface area (Å²) in [6.07, 6.45) is 2.28. The summed E-state index contributed by atoms with van der Waals surface area (Å²) in [5.74, 6) is 0. The van der Waals surface area contributed by atoms with Gasteiger partial charge in [0.05, 0.1) is 39.6 Å². The van der Waals surface area contributed by atoms with Crippen molar-refractivity contribution in [2.75, 3.05) is 52.8 Å². The van der Waals surface area contributed by atoms with Crippen molar-refractivity contribution in [3.63, 3.8) is 0 Å². The Morgan fingerprint density at radius 2 is 1.50 bits per heavy atom. The van der Waals surface area contributed by atoms with E-state index in [9.17, 15) is 0 Å². The zero-order valence-corrected chi connectivity index (χ0v) is 11.8. The third-order valence-electron chi connectivity index (χ3n) is 2.40. The molecule has 0 aromatic heterocycles. The van der Waals surface area contributed by atoms with Crippen molar-refractivity contribution in [3.05, 3.63) is 0 Å². The molecule has 2 N–H and O–H groups in total. The zero-order chi connectivity index (χ0) is 13.5. The van der Waals surface area contributed by atoms with Crippen molar-refractivity contribution in [2.24, 2.45) is 0 Å². The Hall–Kier alpha value is -0.200. The molecule has 0 aliphatic heterocycles. The maximum absolute atomic E-state index is 8.78. The minimum absolute atomic E-state index is 0.130. The minimum Gasteiger partial charge on any atom is -0.395 e. The van der Waals surface area contributed by atoms with E-state index >= 15 is 0 Å². The number of ether oxygens (including phenoxy) is 3. The van der Waals surface area contributed by atoms with Crippen molar-refractivity contribution >= 4 is 0 Å². The molecule has 0 radical (unpaired) electrons. The lowest BCUT2D eigenvalue weighted by Crippen LogP contribution is -2.32. The van der Waals surface area contributed by atoms with Gasteiger partial charge in [0.15, 0.2) is 0 Å². The Labute approximate surface area is 111 Å². The van der Waals surface area contributed by atoms with Crippen LogP contribution in [0.2, 0.25) is 0 Å². The molecule has 1 atom stereocenters. The van der Waals surface area contributed by atoms with Crippen LogP contribution in [0.3, 0.4) is 0 Å². The lowest BCUT2D eigenvalue weighted by molar-refractivity contribution is 0.0142. The SMILES string of the molecule is CCCCOCCOCCOCCNC(C)CO. The summed E-state index contributed by atoms with van der Waals surface area (Å²) in [5.41, 5.74) is 0. The van der Waals surface area contributed by atoms with Gasteiger partial charge in [-0.1, -0.05) is 13.3 Å². The number of unbranched alkanes of at least 4 members (excludes halogenated alkanes) is 1. The van der Waals surface area contributed by atoms with E-state index in [1.807, 2.05) is 6.92 Å². The summed E-state index contributed by atoms with van der Waals surface area (Å²) in [6.45, 7) is 8.95. The molecule has 0 fully saturated rings. The van der Waals surface area contributed by atoms with Crippen LogP contribution < -0.4 is 5.32 Å². The van der Waals surface area contributed by atoms with Crippen molar-refractivity contribution < 1.29 is 19.3 Å². The van der Waals surface area contributed by atoms with Gasteiger partial charge in [-0.15, -0.1) is 0 Å². The third kappa shape index (κ3) is 13.9. The maximum atomic E-state index is 8.78. The largest absolute Gasteiger partial charge is 0.395 e. The molecule has 0 saturated carbocycles. The zero-order valence-electron chi connectivity index (χ0n) is 11.8. The van der Waals surface area contributed by atoms with E-state index in [2.05, 4.69) is 12.2 Å². The molecule has 0 heterocycles. The van der Waals surface area contributed by atoms with Gasteiger partial charge in [0.25, 0.3) is 0 Å². The fourth-order valence-electron chi connectivity index (χ4n) is 1.23. The lowest BCUT2D eigenvalue weighted by Gasteiger charge is -2.10. The summed E-state index contributed by atoms with van der Waals surface area (Å²) in [6, 6.07) is 0.130. The minimum atomic E-state index is 0.130. The van der Waals surface area contributed by atoms with Crippen LogP contribution in [0.5, 0.6) is 0 Å². The first-order valence-corrected chi connectivity index (χ1v) is 6.88. The van der Waals surface area contributed by atoms with Crippen LogP contribution in [0.15, 0.2) is 0 Å². The Morgan fingerprint density at radius 1 is 0.944 bits per heavy atom. The van der Waals surface area contributed by atoms with E-state index in [1.54, 1.807) is 0 Å². The van der Waals surface area contributed by atoms with Crippen LogP contribution in [0.1, 0.15) is 26.7 Å². The van der Waals surface area contributed by atoms with Crippen LogP contribution in [0, 0.1) is 0 Å². The molecular formula is C13H29NO4. The van der Waals surface area contributed by atoms with Crippen molar-refractivity contribution in [1.82, 2.24) is 5.32 Å². The first-order valence-electron chi connectivity index (χ1n) is 6.88. The monoisotopic (exact) mass is 263 g/mol. The number of nitrogens with one attached hydrogen (secondary N) is 1. The number of hydrogen-bond donors (Lipinski definition) is 2. The maximum Gasteiger partial charge on any atom is 0.0701 e. The van der Waals surface area contributed by atoms with Crippen LogP contribution >= 0.6 is 0 Å². The average Bonchev–Trinajstić information content (AvgIpc) is 2.39. The van der Waals surface area contributed by atoms with Gasteiger partial charge in [-0.05, 0) is 13.3 Å². The van der Waals surface area contributed by atoms with E-state index in [1.165, 1.54) is 0 Å². The number of rotatable bonds is 14. The standard InChI is InChI=1S/C13H29NO4/c1-3-4-6-16-8-10-18-11-9-17-7-5-14-13(2)12-15/h13-15H,3-12H2,1-2H3. The molecular weight excluding hydrogens is 234 g/mol. The van der Waals surface area contributed by atoms with Crippen LogP contribution in [0.25, 0.3) is 0 Å². The summed E-state index contributed by atoms with van der Waals surface area (Å²) in [4.78, 5) is 0. The summed E-state index contributed by atoms with van der Waals surface area (Å²) >= 11 is 0. The number of hydrogen-bond acceptors (Lipinski definition) is 5. The lowest BCUT2D eigenvalue weighted by atomic mass is 10.4. The Bertz CT molecular complexity index is 158. The predicted molar refractivity (Wildman–Crippen MR) is 71.9 cm³/mol. The fraction of sp³-hybridized carbons (Fsp3) is 1.00. The first-order chi connectivity index (χ1) is 8.81. The third-order valence-corrected chi connectivity index (χ3v) is 2.40. The van der Waals surface area contributed by atoms with Gasteiger partial charge in [-0.2, -0.15) is 0 Å². The molecule has 5 heteroatoms.